The van der Waals surface area contributed by atoms with Gasteiger partial charge in [0.15, 0.2) is 0 Å². The van der Waals surface area contributed by atoms with Crippen LogP contribution in [0.2, 0.25) is 0 Å². The van der Waals surface area contributed by atoms with Crippen LogP contribution in [-0.2, 0) is 0 Å². The number of benzene rings is 1. The maximum absolute atomic E-state index is 9.08. The van der Waals surface area contributed by atoms with Crippen molar-refractivity contribution < 1.29 is 0 Å². The molecule has 2 rings (SSSR count). The summed E-state index contributed by atoms with van der Waals surface area (Å²) in [7, 11) is 0. The summed E-state index contributed by atoms with van der Waals surface area (Å²) < 4.78 is 0. The smallest absolute Gasteiger partial charge is 0.115 e. The molecule has 0 bridgehead atoms. The van der Waals surface area contributed by atoms with Crippen molar-refractivity contribution in [3.8, 4) is 6.07 Å². The van der Waals surface area contributed by atoms with E-state index in [4.69, 9.17) is 5.26 Å². The van der Waals surface area contributed by atoms with Crippen molar-refractivity contribution in [2.75, 3.05) is 5.32 Å². The van der Waals surface area contributed by atoms with E-state index in [9.17, 15) is 0 Å². The number of hydrogen-bond acceptors (Lipinski definition) is 4. The molecule has 1 N–H and O–H groups in total. The lowest BCUT2D eigenvalue weighted by molar-refractivity contribution is 0.869. The fraction of sp³-hybridized carbons (Fsp3) is 0.231. The van der Waals surface area contributed by atoms with Gasteiger partial charge in [0.05, 0.1) is 17.3 Å². The molecule has 1 aromatic heterocycles. The summed E-state index contributed by atoms with van der Waals surface area (Å²) in [5.74, 6) is 0. The number of nitrogens with zero attached hydrogens (tertiary/aromatic N) is 2. The SMILES string of the molecule is Cc1ccc(NC(C)c2nccs2)c(C#N)c1. The molecule has 86 valence electrons. The lowest BCUT2D eigenvalue weighted by Gasteiger charge is -2.14. The van der Waals surface area contributed by atoms with E-state index in [0.29, 0.717) is 5.56 Å². The van der Waals surface area contributed by atoms with Crippen molar-refractivity contribution >= 4 is 17.0 Å². The molecular weight excluding hydrogens is 230 g/mol. The van der Waals surface area contributed by atoms with Gasteiger partial charge in [0, 0.05) is 11.6 Å². The van der Waals surface area contributed by atoms with Gasteiger partial charge in [-0.3, -0.25) is 0 Å². The molecule has 17 heavy (non-hydrogen) atoms. The Morgan fingerprint density at radius 3 is 2.94 bits per heavy atom. The highest BCUT2D eigenvalue weighted by atomic mass is 32.1. The Balaban J connectivity index is 2.22. The van der Waals surface area contributed by atoms with Crippen molar-refractivity contribution in [3.63, 3.8) is 0 Å². The predicted molar refractivity (Wildman–Crippen MR) is 70.0 cm³/mol. The van der Waals surface area contributed by atoms with Crippen LogP contribution in [-0.4, -0.2) is 4.98 Å². The van der Waals surface area contributed by atoms with Crippen LogP contribution >= 0.6 is 11.3 Å². The van der Waals surface area contributed by atoms with Crippen molar-refractivity contribution in [1.82, 2.24) is 4.98 Å². The number of rotatable bonds is 3. The van der Waals surface area contributed by atoms with Gasteiger partial charge in [-0.1, -0.05) is 6.07 Å². The lowest BCUT2D eigenvalue weighted by atomic mass is 10.1. The molecular formula is C13H13N3S. The van der Waals surface area contributed by atoms with Crippen LogP contribution in [0.5, 0.6) is 0 Å². The first-order valence-electron chi connectivity index (χ1n) is 5.37. The van der Waals surface area contributed by atoms with Crippen molar-refractivity contribution in [1.29, 1.82) is 5.26 Å². The van der Waals surface area contributed by atoms with E-state index in [1.165, 1.54) is 0 Å². The minimum atomic E-state index is 0.116. The molecule has 1 unspecified atom stereocenters. The largest absolute Gasteiger partial charge is 0.375 e. The third-order valence-corrected chi connectivity index (χ3v) is 3.45. The zero-order valence-corrected chi connectivity index (χ0v) is 10.6. The van der Waals surface area contributed by atoms with Gasteiger partial charge < -0.3 is 5.32 Å². The highest BCUT2D eigenvalue weighted by Gasteiger charge is 2.10. The number of nitriles is 1. The normalized spacial score (nSPS) is 11.8. The second-order valence-corrected chi connectivity index (χ2v) is 4.82. The molecule has 1 heterocycles. The molecule has 0 radical (unpaired) electrons. The monoisotopic (exact) mass is 243 g/mol. The third kappa shape index (κ3) is 2.63. The molecule has 1 aromatic carbocycles. The van der Waals surface area contributed by atoms with E-state index in [1.807, 2.05) is 37.4 Å². The second kappa shape index (κ2) is 4.98. The molecule has 0 saturated heterocycles. The average molecular weight is 243 g/mol. The Kier molecular flexibility index (Phi) is 3.40. The Labute approximate surface area is 105 Å². The first-order valence-corrected chi connectivity index (χ1v) is 6.25. The van der Waals surface area contributed by atoms with Crippen LogP contribution < -0.4 is 5.32 Å². The van der Waals surface area contributed by atoms with Crippen LogP contribution in [0.3, 0.4) is 0 Å². The van der Waals surface area contributed by atoms with Gasteiger partial charge >= 0.3 is 0 Å². The molecule has 0 aliphatic rings. The van der Waals surface area contributed by atoms with E-state index < -0.39 is 0 Å². The van der Waals surface area contributed by atoms with Gasteiger partial charge in [-0.15, -0.1) is 11.3 Å². The zero-order valence-electron chi connectivity index (χ0n) is 9.77. The molecule has 1 atom stereocenters. The van der Waals surface area contributed by atoms with Crippen molar-refractivity contribution in [2.45, 2.75) is 19.9 Å². The second-order valence-electron chi connectivity index (χ2n) is 3.90. The summed E-state index contributed by atoms with van der Waals surface area (Å²) in [5, 5.41) is 15.4. The predicted octanol–water partition coefficient (Wildman–Crippen LogP) is 3.50. The fourth-order valence-corrected chi connectivity index (χ4v) is 2.27. The van der Waals surface area contributed by atoms with E-state index in [1.54, 1.807) is 17.5 Å². The standard InChI is InChI=1S/C13H13N3S/c1-9-3-4-12(11(7-9)8-14)16-10(2)13-15-5-6-17-13/h3-7,10,16H,1-2H3. The van der Waals surface area contributed by atoms with Gasteiger partial charge in [0.1, 0.15) is 11.1 Å². The third-order valence-electron chi connectivity index (χ3n) is 2.49. The summed E-state index contributed by atoms with van der Waals surface area (Å²) in [6.45, 7) is 4.02. The maximum Gasteiger partial charge on any atom is 0.115 e. The molecule has 3 nitrogen and oxygen atoms in total. The van der Waals surface area contributed by atoms with E-state index in [-0.39, 0.29) is 6.04 Å². The van der Waals surface area contributed by atoms with Crippen molar-refractivity contribution in [3.05, 3.63) is 45.9 Å². The van der Waals surface area contributed by atoms with Crippen LogP contribution in [0.15, 0.2) is 29.8 Å². The van der Waals surface area contributed by atoms with Gasteiger partial charge in [0.25, 0.3) is 0 Å². The first kappa shape index (κ1) is 11.6. The van der Waals surface area contributed by atoms with E-state index >= 15 is 0 Å². The fourth-order valence-electron chi connectivity index (χ4n) is 1.62. The average Bonchev–Trinajstić information content (AvgIpc) is 2.85. The van der Waals surface area contributed by atoms with Gasteiger partial charge in [-0.2, -0.15) is 5.26 Å². The number of nitrogens with one attached hydrogen (secondary N) is 1. The Bertz CT molecular complexity index is 540. The molecule has 0 amide bonds. The van der Waals surface area contributed by atoms with Crippen LogP contribution in [0.25, 0.3) is 0 Å². The van der Waals surface area contributed by atoms with Crippen LogP contribution in [0.4, 0.5) is 5.69 Å². The molecule has 4 heteroatoms. The number of thiazole rings is 1. The molecule has 2 aromatic rings. The summed E-state index contributed by atoms with van der Waals surface area (Å²) in [6, 6.07) is 8.15. The lowest BCUT2D eigenvalue weighted by Crippen LogP contribution is -2.07. The highest BCUT2D eigenvalue weighted by Crippen LogP contribution is 2.23. The first-order chi connectivity index (χ1) is 8.20. The summed E-state index contributed by atoms with van der Waals surface area (Å²) in [4.78, 5) is 4.26. The number of aryl methyl sites for hydroxylation is 1. The van der Waals surface area contributed by atoms with Crippen LogP contribution in [0, 0.1) is 18.3 Å². The quantitative estimate of drug-likeness (QED) is 0.897. The van der Waals surface area contributed by atoms with Gasteiger partial charge in [0.2, 0.25) is 0 Å². The summed E-state index contributed by atoms with van der Waals surface area (Å²) in [6.07, 6.45) is 1.79. The number of anilines is 1. The van der Waals surface area contributed by atoms with E-state index in [2.05, 4.69) is 16.4 Å². The minimum Gasteiger partial charge on any atom is -0.375 e. The topological polar surface area (TPSA) is 48.7 Å². The molecule has 0 spiro atoms. The Morgan fingerprint density at radius 1 is 1.47 bits per heavy atom. The van der Waals surface area contributed by atoms with Crippen LogP contribution in [0.1, 0.15) is 29.1 Å². The summed E-state index contributed by atoms with van der Waals surface area (Å²) >= 11 is 1.61. The number of hydrogen-bond donors (Lipinski definition) is 1. The molecule has 0 aliphatic carbocycles. The highest BCUT2D eigenvalue weighted by molar-refractivity contribution is 7.09. The number of aromatic nitrogens is 1. The van der Waals surface area contributed by atoms with Crippen molar-refractivity contribution in [2.24, 2.45) is 0 Å². The molecule has 0 fully saturated rings. The maximum atomic E-state index is 9.08. The Morgan fingerprint density at radius 2 is 2.29 bits per heavy atom. The van der Waals surface area contributed by atoms with Gasteiger partial charge in [-0.05, 0) is 31.5 Å². The minimum absolute atomic E-state index is 0.116. The summed E-state index contributed by atoms with van der Waals surface area (Å²) in [5.41, 5.74) is 2.63. The molecule has 0 aliphatic heterocycles. The van der Waals surface area contributed by atoms with Gasteiger partial charge in [-0.25, -0.2) is 4.98 Å². The Hall–Kier alpha value is -1.86. The molecule has 0 saturated carbocycles. The van der Waals surface area contributed by atoms with E-state index in [0.717, 1.165) is 16.3 Å². The zero-order chi connectivity index (χ0) is 12.3.